The summed E-state index contributed by atoms with van der Waals surface area (Å²) in [5, 5.41) is 2.83. The summed E-state index contributed by atoms with van der Waals surface area (Å²) in [5.74, 6) is 1.91. The molecule has 2 heterocycles. The van der Waals surface area contributed by atoms with E-state index in [-0.39, 0.29) is 11.6 Å². The Morgan fingerprint density at radius 3 is 2.68 bits per heavy atom. The lowest BCUT2D eigenvalue weighted by molar-refractivity contribution is -0.170. The van der Waals surface area contributed by atoms with Gasteiger partial charge in [0.25, 0.3) is 0 Å². The van der Waals surface area contributed by atoms with Gasteiger partial charge in [-0.15, -0.1) is 0 Å². The predicted molar refractivity (Wildman–Crippen MR) is 115 cm³/mol. The van der Waals surface area contributed by atoms with Gasteiger partial charge in [0.1, 0.15) is 0 Å². The van der Waals surface area contributed by atoms with Crippen molar-refractivity contribution in [2.24, 2.45) is 0 Å². The lowest BCUT2D eigenvalue weighted by atomic mass is 9.85. The van der Waals surface area contributed by atoms with Crippen LogP contribution in [-0.2, 0) is 22.7 Å². The Labute approximate surface area is 175 Å². The van der Waals surface area contributed by atoms with E-state index in [0.717, 1.165) is 29.5 Å². The van der Waals surface area contributed by atoms with Gasteiger partial charge in [-0.3, -0.25) is 4.84 Å². The van der Waals surface area contributed by atoms with E-state index >= 15 is 0 Å². The summed E-state index contributed by atoms with van der Waals surface area (Å²) in [6.07, 6.45) is 6.83. The summed E-state index contributed by atoms with van der Waals surface area (Å²) in [6, 6.07) is 18.7. The monoisotopic (exact) mass is 413 g/mol. The molecule has 0 aliphatic carbocycles. The van der Waals surface area contributed by atoms with E-state index in [1.165, 1.54) is 11.1 Å². The molecule has 1 aromatic heterocycles. The van der Waals surface area contributed by atoms with Crippen LogP contribution in [0.1, 0.15) is 17.5 Å². The van der Waals surface area contributed by atoms with Crippen LogP contribution in [0.3, 0.4) is 0 Å². The van der Waals surface area contributed by atoms with Gasteiger partial charge in [-0.2, -0.15) is 16.8 Å². The topological polar surface area (TPSA) is 30.3 Å². The smallest absolute Gasteiger partial charge is 0.0946 e. The molecule has 6 heteroatoms. The van der Waals surface area contributed by atoms with Crippen LogP contribution in [0, 0.1) is 0 Å². The number of thioether (sulfide) groups is 1. The molecule has 4 rings (SSSR count). The van der Waals surface area contributed by atoms with E-state index in [0.29, 0.717) is 0 Å². The summed E-state index contributed by atoms with van der Waals surface area (Å²) < 4.78 is 2.14. The van der Waals surface area contributed by atoms with Crippen LogP contribution in [0.15, 0.2) is 73.3 Å². The molecule has 0 N–H and O–H groups in total. The molecule has 1 saturated heterocycles. The van der Waals surface area contributed by atoms with Crippen LogP contribution in [0.5, 0.6) is 0 Å². The number of nitrogens with zero attached hydrogens (tertiary/aromatic N) is 3. The van der Waals surface area contributed by atoms with Crippen LogP contribution in [0.2, 0.25) is 5.02 Å². The molecular formula is C22H24ClN3OS. The Morgan fingerprint density at radius 2 is 1.96 bits per heavy atom. The number of benzene rings is 2. The number of aromatic nitrogens is 2. The first kappa shape index (κ1) is 19.5. The molecule has 0 saturated carbocycles. The highest BCUT2D eigenvalue weighted by Gasteiger charge is 2.46. The first-order valence-corrected chi connectivity index (χ1v) is 10.9. The van der Waals surface area contributed by atoms with Crippen LogP contribution in [-0.4, -0.2) is 33.5 Å². The molecule has 2 aromatic carbocycles. The van der Waals surface area contributed by atoms with Crippen molar-refractivity contribution in [2.75, 3.05) is 12.8 Å². The second-order valence-corrected chi connectivity index (χ2v) is 8.67. The summed E-state index contributed by atoms with van der Waals surface area (Å²) in [6.45, 7) is 0.811. The number of rotatable bonds is 7. The Morgan fingerprint density at radius 1 is 1.18 bits per heavy atom. The summed E-state index contributed by atoms with van der Waals surface area (Å²) >= 11 is 7.88. The fraction of sp³-hybridized carbons (Fsp3) is 0.318. The first-order valence-electron chi connectivity index (χ1n) is 9.40. The Hall–Kier alpha value is -1.79. The minimum atomic E-state index is -0.201. The zero-order valence-electron chi connectivity index (χ0n) is 15.9. The van der Waals surface area contributed by atoms with Gasteiger partial charge in [-0.25, -0.2) is 4.98 Å². The Kier molecular flexibility index (Phi) is 6.07. The van der Waals surface area contributed by atoms with E-state index in [9.17, 15) is 0 Å². The number of halogens is 1. The maximum atomic E-state index is 6.30. The Balaban J connectivity index is 1.46. The van der Waals surface area contributed by atoms with Gasteiger partial charge >= 0.3 is 0 Å². The van der Waals surface area contributed by atoms with Gasteiger partial charge < -0.3 is 4.57 Å². The number of likely N-dealkylation sites (N-methyl/N-ethyl adjacent to an activating group) is 1. The number of hydrogen-bond donors (Lipinski definition) is 0. The van der Waals surface area contributed by atoms with Crippen molar-refractivity contribution in [1.29, 1.82) is 0 Å². The van der Waals surface area contributed by atoms with Crippen LogP contribution in [0.25, 0.3) is 0 Å². The lowest BCUT2D eigenvalue weighted by Gasteiger charge is -2.34. The van der Waals surface area contributed by atoms with Crippen molar-refractivity contribution in [3.05, 3.63) is 89.5 Å². The average Bonchev–Trinajstić information content (AvgIpc) is 3.33. The summed E-state index contributed by atoms with van der Waals surface area (Å²) in [4.78, 5) is 10.5. The van der Waals surface area contributed by atoms with Crippen LogP contribution < -0.4 is 0 Å². The normalized spacial score (nSPS) is 22.6. The fourth-order valence-corrected chi connectivity index (χ4v) is 4.94. The molecule has 0 bridgehead atoms. The molecule has 0 amide bonds. The molecule has 2 atom stereocenters. The second kappa shape index (κ2) is 8.70. The highest BCUT2D eigenvalue weighted by molar-refractivity contribution is 7.98. The summed E-state index contributed by atoms with van der Waals surface area (Å²) in [5.41, 5.74) is 2.36. The van der Waals surface area contributed by atoms with Gasteiger partial charge in [0.15, 0.2) is 0 Å². The highest BCUT2D eigenvalue weighted by Crippen LogP contribution is 2.42. The summed E-state index contributed by atoms with van der Waals surface area (Å²) in [7, 11) is 2.05. The first-order chi connectivity index (χ1) is 13.7. The standard InChI is InChI=1S/C22H24ClN3OS/c1-25-22(16-26-12-11-24-17-26,19-5-3-2-4-6-19)13-21(27-25)15-28-14-18-7-9-20(23)10-8-18/h2-12,17,21H,13-16H2,1H3. The third kappa shape index (κ3) is 4.28. The minimum absolute atomic E-state index is 0.172. The second-order valence-electron chi connectivity index (χ2n) is 7.20. The highest BCUT2D eigenvalue weighted by atomic mass is 35.5. The molecule has 1 fully saturated rings. The number of hydrogen-bond acceptors (Lipinski definition) is 4. The van der Waals surface area contributed by atoms with Crippen molar-refractivity contribution < 1.29 is 4.84 Å². The average molecular weight is 414 g/mol. The zero-order chi connectivity index (χ0) is 19.4. The van der Waals surface area contributed by atoms with Crippen LogP contribution >= 0.6 is 23.4 Å². The number of imidazole rings is 1. The molecule has 4 nitrogen and oxygen atoms in total. The maximum absolute atomic E-state index is 6.30. The van der Waals surface area contributed by atoms with Crippen molar-refractivity contribution in [3.8, 4) is 0 Å². The largest absolute Gasteiger partial charge is 0.335 e. The molecule has 0 radical (unpaired) electrons. The maximum Gasteiger partial charge on any atom is 0.0946 e. The van der Waals surface area contributed by atoms with Crippen molar-refractivity contribution in [1.82, 2.24) is 14.6 Å². The fourth-order valence-electron chi connectivity index (χ4n) is 3.83. The van der Waals surface area contributed by atoms with E-state index in [4.69, 9.17) is 16.4 Å². The molecule has 0 spiro atoms. The predicted octanol–water partition coefficient (Wildman–Crippen LogP) is 5.00. The van der Waals surface area contributed by atoms with Gasteiger partial charge in [0.05, 0.1) is 18.0 Å². The minimum Gasteiger partial charge on any atom is -0.335 e. The van der Waals surface area contributed by atoms with Gasteiger partial charge in [0.2, 0.25) is 0 Å². The molecule has 2 unspecified atom stereocenters. The third-order valence-corrected chi connectivity index (χ3v) is 6.67. The van der Waals surface area contributed by atoms with Gasteiger partial charge in [0, 0.05) is 48.9 Å². The van der Waals surface area contributed by atoms with Crippen molar-refractivity contribution >= 4 is 23.4 Å². The molecule has 146 valence electrons. The van der Waals surface area contributed by atoms with E-state index in [2.05, 4.69) is 57.1 Å². The third-order valence-electron chi connectivity index (χ3n) is 5.28. The number of hydroxylamine groups is 2. The molecular weight excluding hydrogens is 390 g/mol. The molecule has 1 aliphatic heterocycles. The van der Waals surface area contributed by atoms with Gasteiger partial charge in [-0.05, 0) is 23.3 Å². The lowest BCUT2D eigenvalue weighted by Crippen LogP contribution is -2.41. The van der Waals surface area contributed by atoms with Gasteiger partial charge in [-0.1, -0.05) is 54.1 Å². The molecule has 3 aromatic rings. The van der Waals surface area contributed by atoms with Crippen LogP contribution in [0.4, 0.5) is 0 Å². The zero-order valence-corrected chi connectivity index (χ0v) is 17.4. The SMILES string of the molecule is CN1OC(CSCc2ccc(Cl)cc2)CC1(Cn1ccnc1)c1ccccc1. The van der Waals surface area contributed by atoms with E-state index in [1.54, 1.807) is 0 Å². The quantitative estimate of drug-likeness (QED) is 0.545. The van der Waals surface area contributed by atoms with Crippen molar-refractivity contribution in [3.63, 3.8) is 0 Å². The van der Waals surface area contributed by atoms with E-state index < -0.39 is 0 Å². The van der Waals surface area contributed by atoms with Crippen molar-refractivity contribution in [2.45, 2.75) is 30.4 Å². The van der Waals surface area contributed by atoms with E-state index in [1.807, 2.05) is 49.7 Å². The molecule has 1 aliphatic rings. The Bertz CT molecular complexity index is 873. The molecule has 28 heavy (non-hydrogen) atoms.